The van der Waals surface area contributed by atoms with E-state index in [1.165, 1.54) is 0 Å². The van der Waals surface area contributed by atoms with Gasteiger partial charge in [0, 0.05) is 12.1 Å². The molecule has 1 aliphatic rings. The highest BCUT2D eigenvalue weighted by Gasteiger charge is 2.52. The second kappa shape index (κ2) is 10.1. The van der Waals surface area contributed by atoms with Crippen LogP contribution in [0.25, 0.3) is 16.8 Å². The molecule has 3 aromatic rings. The summed E-state index contributed by atoms with van der Waals surface area (Å²) in [5, 5.41) is 15.1. The number of rotatable bonds is 5. The van der Waals surface area contributed by atoms with E-state index in [-0.39, 0.29) is 0 Å². The van der Waals surface area contributed by atoms with Crippen molar-refractivity contribution in [3.63, 3.8) is 0 Å². The van der Waals surface area contributed by atoms with Crippen molar-refractivity contribution in [2.45, 2.75) is 43.5 Å². The zero-order valence-corrected chi connectivity index (χ0v) is 20.6. The first-order chi connectivity index (χ1) is 18.8. The minimum Gasteiger partial charge on any atom is -0.382 e. The van der Waals surface area contributed by atoms with E-state index in [2.05, 4.69) is 10.1 Å². The molecule has 9 nitrogen and oxygen atoms in total. The predicted molar refractivity (Wildman–Crippen MR) is 122 cm³/mol. The second-order valence-electron chi connectivity index (χ2n) is 9.47. The van der Waals surface area contributed by atoms with Crippen molar-refractivity contribution in [2.75, 3.05) is 18.8 Å². The van der Waals surface area contributed by atoms with Crippen LogP contribution in [0, 0.1) is 11.6 Å². The molecule has 0 aliphatic carbocycles. The number of aromatic nitrogens is 3. The average molecular weight is 598 g/mol. The number of aliphatic hydroxyl groups is 1. The van der Waals surface area contributed by atoms with Crippen LogP contribution >= 0.6 is 0 Å². The molecule has 222 valence electrons. The van der Waals surface area contributed by atoms with Crippen LogP contribution in [0.15, 0.2) is 24.5 Å². The molecule has 3 atom stereocenters. The van der Waals surface area contributed by atoms with E-state index in [4.69, 9.17) is 5.73 Å². The van der Waals surface area contributed by atoms with Crippen molar-refractivity contribution in [3.05, 3.63) is 47.3 Å². The van der Waals surface area contributed by atoms with Crippen molar-refractivity contribution in [1.82, 2.24) is 24.8 Å². The molecule has 1 aliphatic heterocycles. The molecule has 41 heavy (non-hydrogen) atoms. The Balaban J connectivity index is 1.62. The Bertz CT molecular complexity index is 1520. The van der Waals surface area contributed by atoms with Gasteiger partial charge in [-0.15, -0.1) is 0 Å². The summed E-state index contributed by atoms with van der Waals surface area (Å²) in [6, 6.07) is 0.151. The fraction of sp³-hybridized carbons (Fsp3) is 0.391. The number of carbonyl (C=O) groups is 2. The molecule has 1 aromatic carbocycles. The molecule has 0 saturated carbocycles. The lowest BCUT2D eigenvalue weighted by Gasteiger charge is -2.27. The molecule has 18 heteroatoms. The highest BCUT2D eigenvalue weighted by Crippen LogP contribution is 2.40. The van der Waals surface area contributed by atoms with Gasteiger partial charge in [-0.1, -0.05) is 0 Å². The number of benzene rings is 1. The van der Waals surface area contributed by atoms with Gasteiger partial charge in [-0.25, -0.2) is 22.7 Å². The Morgan fingerprint density at radius 3 is 2.41 bits per heavy atom. The van der Waals surface area contributed by atoms with Gasteiger partial charge >= 0.3 is 12.4 Å². The highest BCUT2D eigenvalue weighted by molar-refractivity contribution is 5.96. The summed E-state index contributed by atoms with van der Waals surface area (Å²) in [6.07, 6.45) is -12.9. The normalized spacial score (nSPS) is 19.4. The van der Waals surface area contributed by atoms with Gasteiger partial charge in [-0.2, -0.15) is 31.4 Å². The molecule has 1 unspecified atom stereocenters. The van der Waals surface area contributed by atoms with E-state index < -0.39 is 107 Å². The Morgan fingerprint density at radius 1 is 1.15 bits per heavy atom. The van der Waals surface area contributed by atoms with E-state index in [1.807, 2.05) is 5.32 Å². The molecule has 3 heterocycles. The summed E-state index contributed by atoms with van der Waals surface area (Å²) in [6.45, 7) is -1.14. The molecule has 1 saturated heterocycles. The number of hydrogen-bond acceptors (Lipinski definition) is 6. The number of nitrogens with two attached hydrogens (primary N) is 1. The molecular formula is C23H19F9N6O3. The van der Waals surface area contributed by atoms with Gasteiger partial charge in [0.1, 0.15) is 35.2 Å². The number of anilines is 1. The van der Waals surface area contributed by atoms with Crippen molar-refractivity contribution in [2.24, 2.45) is 0 Å². The van der Waals surface area contributed by atoms with Crippen molar-refractivity contribution in [1.29, 1.82) is 0 Å². The lowest BCUT2D eigenvalue weighted by molar-refractivity contribution is -0.254. The first-order valence-corrected chi connectivity index (χ1v) is 11.5. The van der Waals surface area contributed by atoms with E-state index in [0.717, 1.165) is 12.4 Å². The third-order valence-electron chi connectivity index (χ3n) is 6.51. The first kappa shape index (κ1) is 29.9. The minimum absolute atomic E-state index is 0.345. The van der Waals surface area contributed by atoms with Crippen LogP contribution in [0.2, 0.25) is 0 Å². The van der Waals surface area contributed by atoms with Crippen LogP contribution in [-0.4, -0.2) is 73.5 Å². The van der Waals surface area contributed by atoms with E-state index in [9.17, 15) is 49.8 Å². The maximum absolute atomic E-state index is 15.5. The van der Waals surface area contributed by atoms with E-state index >= 15 is 4.39 Å². The standard InChI is InChI=1S/C23H19F9N6O3/c1-21(41,23(30,31)32)5-15(39)37-6-12(25)13(7-37)36-20(40)16-11(24)3-2-9(17(16)26)14-4-10(22(27,28)29)18-19(33)34-8-35-38(14)18/h2-4,8,12-13,41H,5-7H2,1H3,(H,36,40)(H2,33,34,35)/t12-,13+,21?/m0/s1. The molecule has 4 rings (SSSR count). The van der Waals surface area contributed by atoms with Gasteiger partial charge < -0.3 is 21.1 Å². The first-order valence-electron chi connectivity index (χ1n) is 11.5. The lowest BCUT2D eigenvalue weighted by Crippen LogP contribution is -2.47. The fourth-order valence-corrected chi connectivity index (χ4v) is 4.29. The highest BCUT2D eigenvalue weighted by atomic mass is 19.4. The summed E-state index contributed by atoms with van der Waals surface area (Å²) in [4.78, 5) is 29.1. The van der Waals surface area contributed by atoms with Crippen LogP contribution in [0.3, 0.4) is 0 Å². The molecule has 0 bridgehead atoms. The number of nitrogens with one attached hydrogen (secondary N) is 1. The molecule has 2 amide bonds. The quantitative estimate of drug-likeness (QED) is 0.388. The monoisotopic (exact) mass is 598 g/mol. The van der Waals surface area contributed by atoms with E-state index in [0.29, 0.717) is 28.5 Å². The van der Waals surface area contributed by atoms with Crippen molar-refractivity contribution in [3.8, 4) is 11.3 Å². The van der Waals surface area contributed by atoms with Gasteiger partial charge in [-0.3, -0.25) is 9.59 Å². The van der Waals surface area contributed by atoms with Crippen LogP contribution in [0.4, 0.5) is 45.3 Å². The van der Waals surface area contributed by atoms with Crippen molar-refractivity contribution >= 4 is 23.1 Å². The number of likely N-dealkylation sites (tertiary alicyclic amines) is 1. The average Bonchev–Trinajstić information content (AvgIpc) is 3.40. The predicted octanol–water partition coefficient (Wildman–Crippen LogP) is 3.26. The number of nitrogens with zero attached hydrogens (tertiary/aromatic N) is 4. The van der Waals surface area contributed by atoms with Gasteiger partial charge in [0.05, 0.1) is 30.3 Å². The smallest absolute Gasteiger partial charge is 0.382 e. The van der Waals surface area contributed by atoms with Gasteiger partial charge in [-0.05, 0) is 25.1 Å². The number of fused-ring (bicyclic) bond motifs is 1. The molecular weight excluding hydrogens is 579 g/mol. The molecule has 0 radical (unpaired) electrons. The summed E-state index contributed by atoms with van der Waals surface area (Å²) < 4.78 is 125. The maximum Gasteiger partial charge on any atom is 0.418 e. The lowest BCUT2D eigenvalue weighted by atomic mass is 10.0. The van der Waals surface area contributed by atoms with Gasteiger partial charge in [0.2, 0.25) is 5.91 Å². The third-order valence-corrected chi connectivity index (χ3v) is 6.51. The Labute approximate surface area is 223 Å². The van der Waals surface area contributed by atoms with Crippen molar-refractivity contribution < 1.29 is 54.2 Å². The number of halogens is 9. The Kier molecular flexibility index (Phi) is 7.34. The topological polar surface area (TPSA) is 126 Å². The molecule has 0 spiro atoms. The van der Waals surface area contributed by atoms with Crippen LogP contribution in [-0.2, 0) is 11.0 Å². The maximum atomic E-state index is 15.5. The van der Waals surface area contributed by atoms with Gasteiger partial charge in [0.25, 0.3) is 5.91 Å². The van der Waals surface area contributed by atoms with Gasteiger partial charge in [0.15, 0.2) is 11.4 Å². The molecule has 1 fully saturated rings. The summed E-state index contributed by atoms with van der Waals surface area (Å²) >= 11 is 0. The van der Waals surface area contributed by atoms with E-state index in [1.54, 1.807) is 0 Å². The summed E-state index contributed by atoms with van der Waals surface area (Å²) in [5.74, 6) is -6.58. The SMILES string of the molecule is CC(O)(CC(=O)N1C[C@H](F)[C@H](NC(=O)c2c(F)ccc(-c3cc(C(F)(F)F)c4c(N)ncnn34)c2F)C1)C(F)(F)F. The van der Waals surface area contributed by atoms with Crippen LogP contribution in [0.1, 0.15) is 29.3 Å². The number of carbonyl (C=O) groups excluding carboxylic acids is 2. The number of nitrogen functional groups attached to an aromatic ring is 1. The Hall–Kier alpha value is -4.09. The zero-order chi connectivity index (χ0) is 30.7. The fourth-order valence-electron chi connectivity index (χ4n) is 4.29. The number of alkyl halides is 7. The number of amides is 2. The Morgan fingerprint density at radius 2 is 1.80 bits per heavy atom. The molecule has 2 aromatic heterocycles. The van der Waals surface area contributed by atoms with Crippen LogP contribution in [0.5, 0.6) is 0 Å². The number of hydrogen-bond donors (Lipinski definition) is 3. The largest absolute Gasteiger partial charge is 0.418 e. The second-order valence-corrected chi connectivity index (χ2v) is 9.47. The zero-order valence-electron chi connectivity index (χ0n) is 20.6. The molecule has 4 N–H and O–H groups in total. The van der Waals surface area contributed by atoms with Crippen LogP contribution < -0.4 is 11.1 Å². The summed E-state index contributed by atoms with van der Waals surface area (Å²) in [7, 11) is 0. The minimum atomic E-state index is -5.17. The third kappa shape index (κ3) is 5.47. The summed E-state index contributed by atoms with van der Waals surface area (Å²) in [5.41, 5.74) is -2.55.